The molecule has 0 radical (unpaired) electrons. The monoisotopic (exact) mass is 451 g/mol. The zero-order chi connectivity index (χ0) is 23.4. The van der Waals surface area contributed by atoms with Gasteiger partial charge in [0.2, 0.25) is 5.91 Å². The van der Waals surface area contributed by atoms with Gasteiger partial charge in [-0.25, -0.2) is 0 Å². The third-order valence-corrected chi connectivity index (χ3v) is 6.58. The number of aldehydes is 1. The van der Waals surface area contributed by atoms with E-state index >= 15 is 0 Å². The van der Waals surface area contributed by atoms with E-state index in [0.29, 0.717) is 6.42 Å². The summed E-state index contributed by atoms with van der Waals surface area (Å²) in [6, 6.07) is 0. The molecule has 1 amide bonds. The number of hydrogen-bond donors (Lipinski definition) is 1. The average Bonchev–Trinajstić information content (AvgIpc) is 2.80. The highest BCUT2D eigenvalue weighted by molar-refractivity contribution is 5.75. The standard InChI is InChI=1S/C29H57NO2/c1-2-3-4-5-6-7-8-9-10-11-12-14-17-20-23-26-29(32)30-27-24-21-18-15-13-16-19-22-25-28-31/h28H,2-27H2,1H3,(H,30,32). The van der Waals surface area contributed by atoms with E-state index in [4.69, 9.17) is 0 Å². The molecule has 0 heterocycles. The highest BCUT2D eigenvalue weighted by Gasteiger charge is 2.01. The minimum atomic E-state index is 0.245. The second-order valence-electron chi connectivity index (χ2n) is 9.83. The summed E-state index contributed by atoms with van der Waals surface area (Å²) in [5.41, 5.74) is 0. The van der Waals surface area contributed by atoms with Crippen LogP contribution in [0.1, 0.15) is 167 Å². The zero-order valence-electron chi connectivity index (χ0n) is 21.8. The maximum atomic E-state index is 11.9. The Hall–Kier alpha value is -0.860. The molecule has 0 aliphatic carbocycles. The number of hydrogen-bond acceptors (Lipinski definition) is 2. The van der Waals surface area contributed by atoms with E-state index in [1.807, 2.05) is 0 Å². The number of unbranched alkanes of at least 4 members (excludes halogenated alkanes) is 22. The van der Waals surface area contributed by atoms with E-state index in [1.54, 1.807) is 0 Å². The van der Waals surface area contributed by atoms with Gasteiger partial charge >= 0.3 is 0 Å². The lowest BCUT2D eigenvalue weighted by Gasteiger charge is -2.06. The van der Waals surface area contributed by atoms with E-state index in [0.717, 1.165) is 38.5 Å². The van der Waals surface area contributed by atoms with Crippen molar-refractivity contribution in [3.8, 4) is 0 Å². The van der Waals surface area contributed by atoms with Crippen molar-refractivity contribution in [3.63, 3.8) is 0 Å². The predicted molar refractivity (Wildman–Crippen MR) is 140 cm³/mol. The maximum absolute atomic E-state index is 11.9. The van der Waals surface area contributed by atoms with Gasteiger partial charge in [-0.15, -0.1) is 0 Å². The molecule has 0 spiro atoms. The fourth-order valence-corrected chi connectivity index (χ4v) is 4.39. The van der Waals surface area contributed by atoms with Crippen molar-refractivity contribution in [1.29, 1.82) is 0 Å². The molecule has 1 N–H and O–H groups in total. The van der Waals surface area contributed by atoms with Gasteiger partial charge in [0.1, 0.15) is 6.29 Å². The normalized spacial score (nSPS) is 11.0. The molecule has 190 valence electrons. The summed E-state index contributed by atoms with van der Waals surface area (Å²) in [5, 5.41) is 3.09. The van der Waals surface area contributed by atoms with Crippen LogP contribution < -0.4 is 5.32 Å². The van der Waals surface area contributed by atoms with Crippen LogP contribution in [0.4, 0.5) is 0 Å². The quantitative estimate of drug-likeness (QED) is 0.0999. The Morgan fingerprint density at radius 1 is 0.531 bits per heavy atom. The van der Waals surface area contributed by atoms with Crippen molar-refractivity contribution < 1.29 is 9.59 Å². The molecule has 0 bridgehead atoms. The fraction of sp³-hybridized carbons (Fsp3) is 0.931. The first-order chi connectivity index (χ1) is 15.8. The molecular weight excluding hydrogens is 394 g/mol. The van der Waals surface area contributed by atoms with Gasteiger partial charge < -0.3 is 10.1 Å². The van der Waals surface area contributed by atoms with Crippen LogP contribution in [0.15, 0.2) is 0 Å². The molecule has 0 rings (SSSR count). The molecule has 0 aromatic carbocycles. The molecule has 0 saturated carbocycles. The SMILES string of the molecule is CCCCCCCCCCCCCCCCCC(=O)NCCCCCCCCCCC=O. The van der Waals surface area contributed by atoms with Crippen LogP contribution in [-0.4, -0.2) is 18.7 Å². The second-order valence-corrected chi connectivity index (χ2v) is 9.83. The summed E-state index contributed by atoms with van der Waals surface area (Å²) in [4.78, 5) is 22.1. The Morgan fingerprint density at radius 3 is 1.34 bits per heavy atom. The van der Waals surface area contributed by atoms with Crippen molar-refractivity contribution in [1.82, 2.24) is 5.32 Å². The first kappa shape index (κ1) is 31.1. The van der Waals surface area contributed by atoms with E-state index < -0.39 is 0 Å². The van der Waals surface area contributed by atoms with E-state index in [1.165, 1.54) is 128 Å². The average molecular weight is 452 g/mol. The van der Waals surface area contributed by atoms with Gasteiger partial charge in [-0.1, -0.05) is 135 Å². The van der Waals surface area contributed by atoms with Crippen LogP contribution in [0.2, 0.25) is 0 Å². The molecule has 32 heavy (non-hydrogen) atoms. The van der Waals surface area contributed by atoms with Crippen molar-refractivity contribution >= 4 is 12.2 Å². The summed E-state index contributed by atoms with van der Waals surface area (Å²) in [6.45, 7) is 3.13. The molecule has 3 nitrogen and oxygen atoms in total. The molecule has 0 aromatic rings. The van der Waals surface area contributed by atoms with Crippen molar-refractivity contribution in [3.05, 3.63) is 0 Å². The van der Waals surface area contributed by atoms with Crippen LogP contribution in [0.5, 0.6) is 0 Å². The molecule has 0 atom stereocenters. The van der Waals surface area contributed by atoms with Crippen molar-refractivity contribution in [2.75, 3.05) is 6.54 Å². The Balaban J connectivity index is 3.14. The second kappa shape index (κ2) is 28.2. The van der Waals surface area contributed by atoms with E-state index in [-0.39, 0.29) is 5.91 Å². The maximum Gasteiger partial charge on any atom is 0.219 e. The summed E-state index contributed by atoms with van der Waals surface area (Å²) in [5.74, 6) is 0.245. The molecule has 3 heteroatoms. The van der Waals surface area contributed by atoms with Gasteiger partial charge in [-0.2, -0.15) is 0 Å². The number of nitrogens with one attached hydrogen (secondary N) is 1. The first-order valence-electron chi connectivity index (χ1n) is 14.5. The Bertz CT molecular complexity index is 383. The van der Waals surface area contributed by atoms with Gasteiger partial charge in [-0.3, -0.25) is 4.79 Å². The highest BCUT2D eigenvalue weighted by atomic mass is 16.1. The molecule has 0 saturated heterocycles. The van der Waals surface area contributed by atoms with Gasteiger partial charge in [0.05, 0.1) is 0 Å². The topological polar surface area (TPSA) is 46.2 Å². The Kier molecular flexibility index (Phi) is 27.4. The number of carbonyl (C=O) groups is 2. The number of amides is 1. The minimum Gasteiger partial charge on any atom is -0.356 e. The number of carbonyl (C=O) groups excluding carboxylic acids is 2. The summed E-state index contributed by atoms with van der Waals surface area (Å²) in [6.07, 6.45) is 32.6. The largest absolute Gasteiger partial charge is 0.356 e. The lowest BCUT2D eigenvalue weighted by molar-refractivity contribution is -0.121. The first-order valence-corrected chi connectivity index (χ1v) is 14.5. The predicted octanol–water partition coefficient (Wildman–Crippen LogP) is 9.07. The van der Waals surface area contributed by atoms with Gasteiger partial charge in [0, 0.05) is 19.4 Å². The minimum absolute atomic E-state index is 0.245. The number of rotatable bonds is 27. The molecule has 0 aromatic heterocycles. The van der Waals surface area contributed by atoms with Gasteiger partial charge in [0.25, 0.3) is 0 Å². The molecule has 0 unspecified atom stereocenters. The van der Waals surface area contributed by atoms with Crippen LogP contribution in [-0.2, 0) is 9.59 Å². The van der Waals surface area contributed by atoms with Crippen LogP contribution in [0.3, 0.4) is 0 Å². The lowest BCUT2D eigenvalue weighted by Crippen LogP contribution is -2.23. The summed E-state index contributed by atoms with van der Waals surface area (Å²) < 4.78 is 0. The van der Waals surface area contributed by atoms with E-state index in [9.17, 15) is 9.59 Å². The smallest absolute Gasteiger partial charge is 0.219 e. The molecule has 0 aliphatic heterocycles. The van der Waals surface area contributed by atoms with Crippen LogP contribution >= 0.6 is 0 Å². The van der Waals surface area contributed by atoms with Crippen LogP contribution in [0, 0.1) is 0 Å². The molecule has 0 aliphatic rings. The van der Waals surface area contributed by atoms with Gasteiger partial charge in [0.15, 0.2) is 0 Å². The van der Waals surface area contributed by atoms with Crippen LogP contribution in [0.25, 0.3) is 0 Å². The Labute approximate surface area is 201 Å². The molecular formula is C29H57NO2. The fourth-order valence-electron chi connectivity index (χ4n) is 4.39. The Morgan fingerprint density at radius 2 is 0.906 bits per heavy atom. The lowest BCUT2D eigenvalue weighted by atomic mass is 10.0. The van der Waals surface area contributed by atoms with E-state index in [2.05, 4.69) is 12.2 Å². The summed E-state index contributed by atoms with van der Waals surface area (Å²) >= 11 is 0. The third-order valence-electron chi connectivity index (χ3n) is 6.58. The third kappa shape index (κ3) is 27.2. The zero-order valence-corrected chi connectivity index (χ0v) is 21.8. The van der Waals surface area contributed by atoms with Gasteiger partial charge in [-0.05, 0) is 19.3 Å². The van der Waals surface area contributed by atoms with Crippen molar-refractivity contribution in [2.45, 2.75) is 167 Å². The molecule has 0 fully saturated rings. The highest BCUT2D eigenvalue weighted by Crippen LogP contribution is 2.14. The summed E-state index contributed by atoms with van der Waals surface area (Å²) in [7, 11) is 0. The van der Waals surface area contributed by atoms with Crippen molar-refractivity contribution in [2.24, 2.45) is 0 Å².